The minimum Gasteiger partial charge on any atom is -0.350 e. The molecule has 0 spiro atoms. The standard InChI is InChI=1S/C21H29N3O3S/c1-15-11-18(13-20(16(15)2)28(26,27)22-3)21(25)23-14-19(24(4)5)12-17-9-7-6-8-10-17/h6-11,13,19,22H,12,14H2,1-5H3,(H,23,25). The van der Waals surface area contributed by atoms with Crippen molar-refractivity contribution in [2.45, 2.75) is 31.2 Å². The van der Waals surface area contributed by atoms with Crippen LogP contribution in [0.25, 0.3) is 0 Å². The number of carbonyl (C=O) groups is 1. The number of sulfonamides is 1. The lowest BCUT2D eigenvalue weighted by molar-refractivity contribution is 0.0941. The van der Waals surface area contributed by atoms with Gasteiger partial charge in [-0.1, -0.05) is 30.3 Å². The first-order valence-corrected chi connectivity index (χ1v) is 10.7. The molecule has 0 aliphatic rings. The highest BCUT2D eigenvalue weighted by Gasteiger charge is 2.20. The van der Waals surface area contributed by atoms with Crippen molar-refractivity contribution in [1.29, 1.82) is 0 Å². The number of benzene rings is 2. The molecule has 2 aromatic carbocycles. The third-order valence-electron chi connectivity index (χ3n) is 4.98. The summed E-state index contributed by atoms with van der Waals surface area (Å²) in [4.78, 5) is 14.9. The Morgan fingerprint density at radius 3 is 2.32 bits per heavy atom. The quantitative estimate of drug-likeness (QED) is 0.708. The monoisotopic (exact) mass is 403 g/mol. The van der Waals surface area contributed by atoms with Gasteiger partial charge in [-0.25, -0.2) is 13.1 Å². The van der Waals surface area contributed by atoms with E-state index in [0.717, 1.165) is 12.0 Å². The van der Waals surface area contributed by atoms with Gasteiger partial charge in [0.05, 0.1) is 4.90 Å². The molecule has 6 nitrogen and oxygen atoms in total. The minimum absolute atomic E-state index is 0.124. The minimum atomic E-state index is -3.63. The van der Waals surface area contributed by atoms with E-state index in [4.69, 9.17) is 0 Å². The van der Waals surface area contributed by atoms with Gasteiger partial charge in [0.1, 0.15) is 0 Å². The van der Waals surface area contributed by atoms with Crippen LogP contribution in [-0.2, 0) is 16.4 Å². The summed E-state index contributed by atoms with van der Waals surface area (Å²) in [7, 11) is 1.69. The van der Waals surface area contributed by atoms with Crippen molar-refractivity contribution >= 4 is 15.9 Å². The number of nitrogens with zero attached hydrogens (tertiary/aromatic N) is 1. The van der Waals surface area contributed by atoms with Crippen molar-refractivity contribution in [2.75, 3.05) is 27.7 Å². The van der Waals surface area contributed by atoms with Gasteiger partial charge in [-0.15, -0.1) is 0 Å². The summed E-state index contributed by atoms with van der Waals surface area (Å²) in [6.07, 6.45) is 0.806. The van der Waals surface area contributed by atoms with Crippen molar-refractivity contribution in [1.82, 2.24) is 14.9 Å². The Morgan fingerprint density at radius 1 is 1.11 bits per heavy atom. The first-order valence-electron chi connectivity index (χ1n) is 9.19. The average molecular weight is 404 g/mol. The molecule has 0 aliphatic carbocycles. The van der Waals surface area contributed by atoms with E-state index in [2.05, 4.69) is 27.1 Å². The highest BCUT2D eigenvalue weighted by molar-refractivity contribution is 7.89. The molecule has 0 saturated heterocycles. The fourth-order valence-corrected chi connectivity index (χ4v) is 4.05. The summed E-state index contributed by atoms with van der Waals surface area (Å²) in [5.74, 6) is -0.282. The van der Waals surface area contributed by atoms with Crippen LogP contribution in [0.5, 0.6) is 0 Å². The zero-order valence-electron chi connectivity index (χ0n) is 17.1. The third-order valence-corrected chi connectivity index (χ3v) is 6.52. The lowest BCUT2D eigenvalue weighted by Gasteiger charge is -2.25. The maximum atomic E-state index is 12.7. The maximum Gasteiger partial charge on any atom is 0.251 e. The second-order valence-corrected chi connectivity index (χ2v) is 9.00. The number of amides is 1. The summed E-state index contributed by atoms with van der Waals surface area (Å²) in [5.41, 5.74) is 2.94. The number of carbonyl (C=O) groups excluding carboxylic acids is 1. The Morgan fingerprint density at radius 2 is 1.75 bits per heavy atom. The molecule has 2 rings (SSSR count). The molecule has 2 N–H and O–H groups in total. The van der Waals surface area contributed by atoms with Crippen molar-refractivity contribution < 1.29 is 13.2 Å². The first kappa shape index (κ1) is 22.1. The predicted molar refractivity (Wildman–Crippen MR) is 112 cm³/mol. The Bertz CT molecular complexity index is 925. The van der Waals surface area contributed by atoms with Crippen LogP contribution in [0.3, 0.4) is 0 Å². The van der Waals surface area contributed by atoms with Crippen LogP contribution in [0.1, 0.15) is 27.0 Å². The lowest BCUT2D eigenvalue weighted by atomic mass is 10.0. The van der Waals surface area contributed by atoms with Crippen LogP contribution in [0, 0.1) is 13.8 Å². The van der Waals surface area contributed by atoms with Crippen molar-refractivity contribution in [2.24, 2.45) is 0 Å². The van der Waals surface area contributed by atoms with Crippen molar-refractivity contribution in [3.63, 3.8) is 0 Å². The van der Waals surface area contributed by atoms with E-state index in [9.17, 15) is 13.2 Å². The zero-order chi connectivity index (χ0) is 20.9. The topological polar surface area (TPSA) is 78.5 Å². The van der Waals surface area contributed by atoms with E-state index >= 15 is 0 Å². The number of aryl methyl sites for hydroxylation is 1. The average Bonchev–Trinajstić information content (AvgIpc) is 2.67. The molecule has 0 fully saturated rings. The smallest absolute Gasteiger partial charge is 0.251 e. The SMILES string of the molecule is CNS(=O)(=O)c1cc(C(=O)NCC(Cc2ccccc2)N(C)C)cc(C)c1C. The third kappa shape index (κ3) is 5.41. The van der Waals surface area contributed by atoms with Crippen LogP contribution in [0.15, 0.2) is 47.4 Å². The maximum absolute atomic E-state index is 12.7. The summed E-state index contributed by atoms with van der Waals surface area (Å²) in [5, 5.41) is 2.95. The molecule has 0 heterocycles. The zero-order valence-corrected chi connectivity index (χ0v) is 17.9. The Balaban J connectivity index is 2.17. The van der Waals surface area contributed by atoms with Gasteiger partial charge < -0.3 is 10.2 Å². The van der Waals surface area contributed by atoms with Gasteiger partial charge in [0.25, 0.3) is 5.91 Å². The van der Waals surface area contributed by atoms with Gasteiger partial charge in [-0.05, 0) is 70.2 Å². The molecular weight excluding hydrogens is 374 g/mol. The van der Waals surface area contributed by atoms with E-state index in [0.29, 0.717) is 17.7 Å². The number of rotatable bonds is 8. The van der Waals surface area contributed by atoms with Gasteiger partial charge >= 0.3 is 0 Å². The molecule has 28 heavy (non-hydrogen) atoms. The van der Waals surface area contributed by atoms with Gasteiger partial charge in [-0.3, -0.25) is 4.79 Å². The van der Waals surface area contributed by atoms with Crippen LogP contribution < -0.4 is 10.0 Å². The lowest BCUT2D eigenvalue weighted by Crippen LogP contribution is -2.41. The molecule has 1 amide bonds. The predicted octanol–water partition coefficient (Wildman–Crippen LogP) is 2.11. The van der Waals surface area contributed by atoms with Gasteiger partial charge in [-0.2, -0.15) is 0 Å². The molecule has 0 aliphatic heterocycles. The molecule has 0 aromatic heterocycles. The van der Waals surface area contributed by atoms with Gasteiger partial charge in [0, 0.05) is 18.2 Å². The fourth-order valence-electron chi connectivity index (χ4n) is 2.98. The number of hydrogen-bond donors (Lipinski definition) is 2. The Hall–Kier alpha value is -2.22. The molecule has 2 aromatic rings. The number of hydrogen-bond acceptors (Lipinski definition) is 4. The first-order chi connectivity index (χ1) is 13.2. The van der Waals surface area contributed by atoms with E-state index in [1.807, 2.05) is 32.3 Å². The van der Waals surface area contributed by atoms with Gasteiger partial charge in [0.2, 0.25) is 10.0 Å². The highest BCUT2D eigenvalue weighted by Crippen LogP contribution is 2.21. The normalized spacial score (nSPS) is 12.8. The van der Waals surface area contributed by atoms with Crippen LogP contribution in [-0.4, -0.2) is 53.0 Å². The second kappa shape index (κ2) is 9.32. The summed E-state index contributed by atoms with van der Waals surface area (Å²) < 4.78 is 26.8. The van der Waals surface area contributed by atoms with Gasteiger partial charge in [0.15, 0.2) is 0 Å². The van der Waals surface area contributed by atoms with Crippen LogP contribution in [0.4, 0.5) is 0 Å². The van der Waals surface area contributed by atoms with Crippen molar-refractivity contribution in [3.05, 3.63) is 64.7 Å². The summed E-state index contributed by atoms with van der Waals surface area (Å²) >= 11 is 0. The molecule has 7 heteroatoms. The van der Waals surface area contributed by atoms with E-state index < -0.39 is 10.0 Å². The summed E-state index contributed by atoms with van der Waals surface area (Å²) in [6.45, 7) is 4.00. The molecule has 0 bridgehead atoms. The Kier molecular flexibility index (Phi) is 7.35. The molecule has 1 atom stereocenters. The largest absolute Gasteiger partial charge is 0.350 e. The van der Waals surface area contributed by atoms with E-state index in [1.54, 1.807) is 19.9 Å². The molecule has 0 saturated carbocycles. The fraction of sp³-hybridized carbons (Fsp3) is 0.381. The van der Waals surface area contributed by atoms with E-state index in [1.165, 1.54) is 18.7 Å². The molecular formula is C21H29N3O3S. The Labute approximate surface area is 168 Å². The van der Waals surface area contributed by atoms with Crippen molar-refractivity contribution in [3.8, 4) is 0 Å². The number of nitrogens with one attached hydrogen (secondary N) is 2. The summed E-state index contributed by atoms with van der Waals surface area (Å²) in [6, 6.07) is 13.4. The molecule has 0 radical (unpaired) electrons. The molecule has 1 unspecified atom stereocenters. The van der Waals surface area contributed by atoms with Crippen LogP contribution in [0.2, 0.25) is 0 Å². The van der Waals surface area contributed by atoms with Crippen LogP contribution >= 0.6 is 0 Å². The second-order valence-electron chi connectivity index (χ2n) is 7.14. The number of likely N-dealkylation sites (N-methyl/N-ethyl adjacent to an activating group) is 1. The molecule has 152 valence electrons. The highest BCUT2D eigenvalue weighted by atomic mass is 32.2. The van der Waals surface area contributed by atoms with E-state index in [-0.39, 0.29) is 16.8 Å².